The van der Waals surface area contributed by atoms with E-state index < -0.39 is 5.97 Å². The Morgan fingerprint density at radius 1 is 1.40 bits per heavy atom. The maximum absolute atomic E-state index is 10.9. The van der Waals surface area contributed by atoms with E-state index in [2.05, 4.69) is 15.1 Å². The first-order valence-corrected chi connectivity index (χ1v) is 4.32. The maximum atomic E-state index is 10.9. The van der Waals surface area contributed by atoms with E-state index in [1.54, 1.807) is 6.07 Å². The summed E-state index contributed by atoms with van der Waals surface area (Å²) in [5.41, 5.74) is -0.150. The molecule has 1 N–H and O–H groups in total. The fourth-order valence-corrected chi connectivity index (χ4v) is 1.28. The van der Waals surface area contributed by atoms with E-state index in [1.807, 2.05) is 0 Å². The van der Waals surface area contributed by atoms with Crippen LogP contribution in [0.25, 0.3) is 5.95 Å². The van der Waals surface area contributed by atoms with E-state index in [4.69, 9.17) is 16.7 Å². The number of nitrogens with zero attached hydrogens (tertiary/aromatic N) is 4. The van der Waals surface area contributed by atoms with Crippen molar-refractivity contribution in [2.24, 2.45) is 0 Å². The van der Waals surface area contributed by atoms with Crippen molar-refractivity contribution in [1.82, 2.24) is 19.7 Å². The van der Waals surface area contributed by atoms with Gasteiger partial charge in [-0.15, -0.1) is 0 Å². The van der Waals surface area contributed by atoms with Crippen molar-refractivity contribution in [2.75, 3.05) is 0 Å². The Morgan fingerprint density at radius 3 is 2.67 bits per heavy atom. The molecule has 0 aromatic carbocycles. The third kappa shape index (κ3) is 1.66. The summed E-state index contributed by atoms with van der Waals surface area (Å²) in [5.74, 6) is -1.01. The molecule has 0 spiro atoms. The van der Waals surface area contributed by atoms with Gasteiger partial charge in [0.05, 0.1) is 11.2 Å². The predicted molar refractivity (Wildman–Crippen MR) is 51.1 cm³/mol. The van der Waals surface area contributed by atoms with Gasteiger partial charge in [0.1, 0.15) is 0 Å². The average molecular weight is 225 g/mol. The second-order valence-electron chi connectivity index (χ2n) is 2.61. The van der Waals surface area contributed by atoms with Crippen LogP contribution in [0.5, 0.6) is 0 Å². The summed E-state index contributed by atoms with van der Waals surface area (Å²) in [6, 6.07) is 1.62. The van der Waals surface area contributed by atoms with E-state index in [0.29, 0.717) is 0 Å². The summed E-state index contributed by atoms with van der Waals surface area (Å²) in [6.07, 6.45) is 4.22. The molecule has 0 unspecified atom stereocenters. The van der Waals surface area contributed by atoms with Gasteiger partial charge in [-0.25, -0.2) is 14.8 Å². The van der Waals surface area contributed by atoms with Crippen molar-refractivity contribution in [1.29, 1.82) is 0 Å². The number of carbonyl (C=O) groups is 1. The molecule has 0 aliphatic carbocycles. The Bertz CT molecular complexity index is 497. The fraction of sp³-hybridized carbons (Fsp3) is 0. The fourth-order valence-electron chi connectivity index (χ4n) is 1.07. The Hall–Kier alpha value is -1.95. The molecule has 0 saturated carbocycles. The third-order valence-corrected chi connectivity index (χ3v) is 1.95. The summed E-state index contributed by atoms with van der Waals surface area (Å²) in [6.45, 7) is 0. The Kier molecular flexibility index (Phi) is 2.34. The second kappa shape index (κ2) is 3.66. The number of halogens is 1. The van der Waals surface area contributed by atoms with Crippen molar-refractivity contribution in [3.8, 4) is 5.95 Å². The minimum absolute atomic E-state index is 0.0509. The van der Waals surface area contributed by atoms with Crippen LogP contribution in [0.15, 0.2) is 24.7 Å². The van der Waals surface area contributed by atoms with Crippen LogP contribution in [0.4, 0.5) is 0 Å². The number of aromatic nitrogens is 4. The van der Waals surface area contributed by atoms with Crippen LogP contribution in [0.3, 0.4) is 0 Å². The maximum Gasteiger partial charge on any atom is 0.356 e. The van der Waals surface area contributed by atoms with Gasteiger partial charge in [0, 0.05) is 12.4 Å². The molecule has 0 aliphatic rings. The third-order valence-electron chi connectivity index (χ3n) is 1.67. The van der Waals surface area contributed by atoms with Gasteiger partial charge < -0.3 is 5.11 Å². The lowest BCUT2D eigenvalue weighted by Gasteiger charge is -2.00. The van der Waals surface area contributed by atoms with Gasteiger partial charge in [0.15, 0.2) is 5.69 Å². The molecular weight excluding hydrogens is 220 g/mol. The van der Waals surface area contributed by atoms with Gasteiger partial charge in [-0.05, 0) is 6.07 Å². The molecule has 0 bridgehead atoms. The van der Waals surface area contributed by atoms with Crippen molar-refractivity contribution >= 4 is 17.6 Å². The molecule has 0 atom stereocenters. The first kappa shape index (κ1) is 9.60. The van der Waals surface area contributed by atoms with Crippen molar-refractivity contribution < 1.29 is 9.90 Å². The Balaban J connectivity index is 2.59. The van der Waals surface area contributed by atoms with Crippen molar-refractivity contribution in [2.45, 2.75) is 0 Å². The second-order valence-corrected chi connectivity index (χ2v) is 3.01. The molecule has 0 saturated heterocycles. The molecule has 15 heavy (non-hydrogen) atoms. The van der Waals surface area contributed by atoms with Gasteiger partial charge in [0.25, 0.3) is 5.95 Å². The Labute approximate surface area is 89.2 Å². The highest BCUT2D eigenvalue weighted by atomic mass is 35.5. The molecule has 0 aliphatic heterocycles. The molecular formula is C8H5ClN4O2. The minimum Gasteiger partial charge on any atom is -0.476 e. The number of aromatic carboxylic acids is 1. The van der Waals surface area contributed by atoms with E-state index in [0.717, 1.165) is 4.68 Å². The largest absolute Gasteiger partial charge is 0.476 e. The van der Waals surface area contributed by atoms with Crippen LogP contribution in [0.1, 0.15) is 10.5 Å². The molecule has 0 amide bonds. The molecule has 0 fully saturated rings. The van der Waals surface area contributed by atoms with Gasteiger partial charge in [-0.3, -0.25) is 0 Å². The van der Waals surface area contributed by atoms with Gasteiger partial charge >= 0.3 is 5.97 Å². The molecule has 2 aromatic rings. The van der Waals surface area contributed by atoms with E-state index >= 15 is 0 Å². The molecule has 2 aromatic heterocycles. The lowest BCUT2D eigenvalue weighted by atomic mass is 10.4. The quantitative estimate of drug-likeness (QED) is 0.824. The normalized spacial score (nSPS) is 10.2. The molecule has 2 heterocycles. The van der Waals surface area contributed by atoms with Gasteiger partial charge in [-0.1, -0.05) is 11.6 Å². The number of carboxylic acids is 1. The topological polar surface area (TPSA) is 80.9 Å². The number of hydrogen-bond acceptors (Lipinski definition) is 4. The zero-order valence-corrected chi connectivity index (χ0v) is 8.09. The zero-order valence-electron chi connectivity index (χ0n) is 7.33. The van der Waals surface area contributed by atoms with Gasteiger partial charge in [-0.2, -0.15) is 9.78 Å². The van der Waals surface area contributed by atoms with Crippen LogP contribution in [-0.2, 0) is 0 Å². The lowest BCUT2D eigenvalue weighted by Crippen LogP contribution is -2.11. The Morgan fingerprint density at radius 2 is 2.07 bits per heavy atom. The molecule has 2 rings (SSSR count). The summed E-state index contributed by atoms with van der Waals surface area (Å²) in [7, 11) is 0. The highest BCUT2D eigenvalue weighted by molar-refractivity contribution is 6.33. The summed E-state index contributed by atoms with van der Waals surface area (Å²) in [4.78, 5) is 18.6. The zero-order chi connectivity index (χ0) is 10.8. The molecule has 0 radical (unpaired) electrons. The average Bonchev–Trinajstić information content (AvgIpc) is 2.61. The first-order chi connectivity index (χ1) is 7.20. The summed E-state index contributed by atoms with van der Waals surface area (Å²) >= 11 is 5.67. The predicted octanol–water partition coefficient (Wildman–Crippen LogP) is 1.01. The van der Waals surface area contributed by atoms with Crippen molar-refractivity contribution in [3.63, 3.8) is 0 Å². The summed E-state index contributed by atoms with van der Waals surface area (Å²) in [5, 5.41) is 12.7. The highest BCUT2D eigenvalue weighted by Gasteiger charge is 2.18. The highest BCUT2D eigenvalue weighted by Crippen LogP contribution is 2.16. The van der Waals surface area contributed by atoms with E-state index in [-0.39, 0.29) is 16.7 Å². The van der Waals surface area contributed by atoms with E-state index in [1.165, 1.54) is 18.6 Å². The molecule has 76 valence electrons. The minimum atomic E-state index is -1.18. The standard InChI is InChI=1S/C8H5ClN4O2/c9-5-4-12-13(6(5)7(14)15)8-10-2-1-3-11-8/h1-4H,(H,14,15). The molecule has 6 nitrogen and oxygen atoms in total. The number of carboxylic acid groups (broad SMARTS) is 1. The van der Waals surface area contributed by atoms with Crippen molar-refractivity contribution in [3.05, 3.63) is 35.4 Å². The lowest BCUT2D eigenvalue weighted by molar-refractivity contribution is 0.0687. The molecule has 7 heteroatoms. The van der Waals surface area contributed by atoms with Crippen LogP contribution in [-0.4, -0.2) is 30.8 Å². The monoisotopic (exact) mass is 224 g/mol. The van der Waals surface area contributed by atoms with E-state index in [9.17, 15) is 4.79 Å². The summed E-state index contributed by atoms with van der Waals surface area (Å²) < 4.78 is 1.07. The van der Waals surface area contributed by atoms with Crippen LogP contribution < -0.4 is 0 Å². The number of rotatable bonds is 2. The number of hydrogen-bond donors (Lipinski definition) is 1. The first-order valence-electron chi connectivity index (χ1n) is 3.94. The van der Waals surface area contributed by atoms with Crippen LogP contribution >= 0.6 is 11.6 Å². The van der Waals surface area contributed by atoms with Crippen LogP contribution in [0, 0.1) is 0 Å². The SMILES string of the molecule is O=C(O)c1c(Cl)cnn1-c1ncccn1. The van der Waals surface area contributed by atoms with Gasteiger partial charge in [0.2, 0.25) is 0 Å². The van der Waals surface area contributed by atoms with Crippen LogP contribution in [0.2, 0.25) is 5.02 Å². The smallest absolute Gasteiger partial charge is 0.356 e.